The number of ether oxygens (including phenoxy) is 1. The van der Waals surface area contributed by atoms with Gasteiger partial charge < -0.3 is 9.15 Å². The van der Waals surface area contributed by atoms with E-state index in [0.717, 1.165) is 15.4 Å². The molecule has 0 saturated heterocycles. The molecule has 0 radical (unpaired) electrons. The van der Waals surface area contributed by atoms with Crippen LogP contribution in [0.1, 0.15) is 11.1 Å². The normalized spacial score (nSPS) is 11.5. The summed E-state index contributed by atoms with van der Waals surface area (Å²) >= 11 is 3.52. The number of fused-ring (bicyclic) bond motifs is 2. The minimum Gasteiger partial charge on any atom is -0.488 e. The standard InChI is InChI=1S/C30H20BrN3O3/c31-23-14-15-26(36-19-20-8-2-1-3-9-20)22(16-23)18-32-34-29(28-17-21-10-4-7-13-27(21)37-28)33-25-12-6-5-11-24(25)30(34)35/h1-18H,19H2. The molecule has 180 valence electrons. The minimum atomic E-state index is -0.293. The number of benzene rings is 4. The number of nitrogens with zero attached hydrogens (tertiary/aromatic N) is 3. The Morgan fingerprint density at radius 2 is 1.70 bits per heavy atom. The van der Waals surface area contributed by atoms with Crippen LogP contribution >= 0.6 is 15.9 Å². The van der Waals surface area contributed by atoms with Crippen LogP contribution in [0.4, 0.5) is 0 Å². The molecule has 0 atom stereocenters. The quantitative estimate of drug-likeness (QED) is 0.209. The Balaban J connectivity index is 1.45. The summed E-state index contributed by atoms with van der Waals surface area (Å²) in [4.78, 5) is 18.3. The molecule has 6 nitrogen and oxygen atoms in total. The SMILES string of the molecule is O=c1c2ccccc2nc(-c2cc3ccccc3o2)n1N=Cc1cc(Br)ccc1OCc1ccccc1. The van der Waals surface area contributed by atoms with Gasteiger partial charge in [0.1, 0.15) is 17.9 Å². The lowest BCUT2D eigenvalue weighted by Crippen LogP contribution is -2.20. The lowest BCUT2D eigenvalue weighted by atomic mass is 10.2. The first-order valence-electron chi connectivity index (χ1n) is 11.7. The highest BCUT2D eigenvalue weighted by Gasteiger charge is 2.16. The Morgan fingerprint density at radius 3 is 2.57 bits per heavy atom. The van der Waals surface area contributed by atoms with E-state index in [1.807, 2.05) is 91.0 Å². The van der Waals surface area contributed by atoms with Gasteiger partial charge in [0.05, 0.1) is 17.1 Å². The van der Waals surface area contributed by atoms with Crippen LogP contribution in [0, 0.1) is 0 Å². The second-order valence-electron chi connectivity index (χ2n) is 8.42. The fourth-order valence-electron chi connectivity index (χ4n) is 4.09. The molecule has 7 heteroatoms. The summed E-state index contributed by atoms with van der Waals surface area (Å²) in [5, 5.41) is 5.97. The Labute approximate surface area is 220 Å². The molecule has 2 heterocycles. The maximum absolute atomic E-state index is 13.5. The number of aromatic nitrogens is 2. The van der Waals surface area contributed by atoms with Crippen molar-refractivity contribution in [3.05, 3.63) is 129 Å². The molecule has 0 unspecified atom stereocenters. The molecule has 0 saturated carbocycles. The van der Waals surface area contributed by atoms with Crippen molar-refractivity contribution >= 4 is 44.0 Å². The molecule has 0 spiro atoms. The molecule has 37 heavy (non-hydrogen) atoms. The predicted octanol–water partition coefficient (Wildman–Crippen LogP) is 7.03. The van der Waals surface area contributed by atoms with Crippen molar-refractivity contribution in [3.63, 3.8) is 0 Å². The topological polar surface area (TPSA) is 69.6 Å². The highest BCUT2D eigenvalue weighted by atomic mass is 79.9. The summed E-state index contributed by atoms with van der Waals surface area (Å²) in [6, 6.07) is 32.3. The van der Waals surface area contributed by atoms with Crippen LogP contribution < -0.4 is 10.3 Å². The van der Waals surface area contributed by atoms with Gasteiger partial charge in [-0.15, -0.1) is 0 Å². The van der Waals surface area contributed by atoms with Gasteiger partial charge in [-0.05, 0) is 48.0 Å². The molecular formula is C30H20BrN3O3. The van der Waals surface area contributed by atoms with Crippen molar-refractivity contribution in [1.29, 1.82) is 0 Å². The largest absolute Gasteiger partial charge is 0.488 e. The van der Waals surface area contributed by atoms with E-state index >= 15 is 0 Å². The Hall–Kier alpha value is -4.49. The smallest absolute Gasteiger partial charge is 0.282 e. The average molecular weight is 550 g/mol. The molecular weight excluding hydrogens is 530 g/mol. The minimum absolute atomic E-state index is 0.293. The Kier molecular flexibility index (Phi) is 6.12. The van der Waals surface area contributed by atoms with Gasteiger partial charge in [-0.25, -0.2) is 4.98 Å². The van der Waals surface area contributed by atoms with Crippen molar-refractivity contribution in [3.8, 4) is 17.3 Å². The Morgan fingerprint density at radius 1 is 0.919 bits per heavy atom. The lowest BCUT2D eigenvalue weighted by Gasteiger charge is -2.10. The van der Waals surface area contributed by atoms with E-state index < -0.39 is 0 Å². The maximum Gasteiger partial charge on any atom is 0.282 e. The molecule has 0 N–H and O–H groups in total. The van der Waals surface area contributed by atoms with Gasteiger partial charge in [-0.1, -0.05) is 76.6 Å². The number of hydrogen-bond acceptors (Lipinski definition) is 5. The van der Waals surface area contributed by atoms with Crippen molar-refractivity contribution in [2.75, 3.05) is 0 Å². The van der Waals surface area contributed by atoms with Crippen molar-refractivity contribution in [2.45, 2.75) is 6.61 Å². The maximum atomic E-state index is 13.5. The van der Waals surface area contributed by atoms with Crippen LogP contribution in [-0.4, -0.2) is 15.9 Å². The second kappa shape index (κ2) is 9.87. The van der Waals surface area contributed by atoms with Gasteiger partial charge in [0.25, 0.3) is 5.56 Å². The van der Waals surface area contributed by atoms with Crippen molar-refractivity contribution in [2.24, 2.45) is 5.10 Å². The van der Waals surface area contributed by atoms with Crippen molar-refractivity contribution < 1.29 is 9.15 Å². The molecule has 0 amide bonds. The fraction of sp³-hybridized carbons (Fsp3) is 0.0333. The van der Waals surface area contributed by atoms with E-state index in [-0.39, 0.29) is 5.56 Å². The van der Waals surface area contributed by atoms with Gasteiger partial charge >= 0.3 is 0 Å². The number of halogens is 1. The van der Waals surface area contributed by atoms with E-state index in [1.165, 1.54) is 4.68 Å². The summed E-state index contributed by atoms with van der Waals surface area (Å²) in [6.07, 6.45) is 1.61. The number of hydrogen-bond donors (Lipinski definition) is 0. The molecule has 6 rings (SSSR count). The van der Waals surface area contributed by atoms with Gasteiger partial charge in [0.2, 0.25) is 5.82 Å². The molecule has 4 aromatic carbocycles. The zero-order chi connectivity index (χ0) is 25.2. The average Bonchev–Trinajstić information content (AvgIpc) is 3.37. The van der Waals surface area contributed by atoms with E-state index in [9.17, 15) is 4.79 Å². The van der Waals surface area contributed by atoms with Crippen LogP contribution in [0.5, 0.6) is 5.75 Å². The number of para-hydroxylation sites is 2. The third-order valence-corrected chi connectivity index (χ3v) is 6.41. The second-order valence-corrected chi connectivity index (χ2v) is 9.33. The fourth-order valence-corrected chi connectivity index (χ4v) is 4.47. The van der Waals surface area contributed by atoms with E-state index in [2.05, 4.69) is 21.0 Å². The molecule has 0 aliphatic rings. The molecule has 0 aliphatic carbocycles. The first-order valence-corrected chi connectivity index (χ1v) is 12.5. The van der Waals surface area contributed by atoms with Crippen LogP contribution in [0.25, 0.3) is 33.5 Å². The zero-order valence-electron chi connectivity index (χ0n) is 19.5. The van der Waals surface area contributed by atoms with E-state index in [1.54, 1.807) is 18.3 Å². The van der Waals surface area contributed by atoms with Gasteiger partial charge in [-0.3, -0.25) is 4.79 Å². The summed E-state index contributed by atoms with van der Waals surface area (Å²) in [5.74, 6) is 1.41. The first-order chi connectivity index (χ1) is 18.2. The van der Waals surface area contributed by atoms with Crippen molar-refractivity contribution in [1.82, 2.24) is 9.66 Å². The lowest BCUT2D eigenvalue weighted by molar-refractivity contribution is 0.305. The summed E-state index contributed by atoms with van der Waals surface area (Å²) in [7, 11) is 0. The third-order valence-electron chi connectivity index (χ3n) is 5.92. The predicted molar refractivity (Wildman–Crippen MR) is 149 cm³/mol. The number of rotatable bonds is 6. The van der Waals surface area contributed by atoms with Crippen LogP contribution in [0.3, 0.4) is 0 Å². The van der Waals surface area contributed by atoms with Crippen LogP contribution in [0.15, 0.2) is 122 Å². The summed E-state index contributed by atoms with van der Waals surface area (Å²) in [5.41, 5.74) is 2.75. The molecule has 6 aromatic rings. The first kappa shape index (κ1) is 22.9. The van der Waals surface area contributed by atoms with Crippen LogP contribution in [0.2, 0.25) is 0 Å². The number of furan rings is 1. The van der Waals surface area contributed by atoms with Crippen LogP contribution in [-0.2, 0) is 6.61 Å². The summed E-state index contributed by atoms with van der Waals surface area (Å²) < 4.78 is 14.3. The monoisotopic (exact) mass is 549 g/mol. The van der Waals surface area contributed by atoms with Gasteiger partial charge in [0.15, 0.2) is 5.76 Å². The third kappa shape index (κ3) is 4.69. The molecule has 0 bridgehead atoms. The highest BCUT2D eigenvalue weighted by molar-refractivity contribution is 9.10. The molecule has 0 aliphatic heterocycles. The van der Waals surface area contributed by atoms with E-state index in [4.69, 9.17) is 14.1 Å². The zero-order valence-corrected chi connectivity index (χ0v) is 21.1. The van der Waals surface area contributed by atoms with Gasteiger partial charge in [0, 0.05) is 15.4 Å². The highest BCUT2D eigenvalue weighted by Crippen LogP contribution is 2.28. The molecule has 2 aromatic heterocycles. The molecule has 0 fully saturated rings. The van der Waals surface area contributed by atoms with E-state index in [0.29, 0.717) is 46.0 Å². The summed E-state index contributed by atoms with van der Waals surface area (Å²) in [6.45, 7) is 0.408. The van der Waals surface area contributed by atoms with Gasteiger partial charge in [-0.2, -0.15) is 9.78 Å². The Bertz CT molecular complexity index is 1790.